The van der Waals surface area contributed by atoms with Crippen LogP contribution in [0.15, 0.2) is 0 Å². The summed E-state index contributed by atoms with van der Waals surface area (Å²) in [6.45, 7) is 3.58. The molecule has 0 bridgehead atoms. The SMILES string of the molecule is CC(C)N1OC(=O)CC1=O. The third-order valence-electron chi connectivity index (χ3n) is 1.21. The van der Waals surface area contributed by atoms with Crippen LogP contribution in [0.5, 0.6) is 0 Å². The molecule has 4 nitrogen and oxygen atoms in total. The molecule has 1 amide bonds. The highest BCUT2D eigenvalue weighted by Gasteiger charge is 2.31. The summed E-state index contributed by atoms with van der Waals surface area (Å²) >= 11 is 0. The lowest BCUT2D eigenvalue weighted by atomic mass is 10.3. The van der Waals surface area contributed by atoms with E-state index in [1.807, 2.05) is 0 Å². The molecule has 1 fully saturated rings. The van der Waals surface area contributed by atoms with Crippen molar-refractivity contribution in [1.82, 2.24) is 5.06 Å². The third kappa shape index (κ3) is 1.10. The first-order chi connectivity index (χ1) is 4.61. The van der Waals surface area contributed by atoms with Gasteiger partial charge in [0.2, 0.25) is 0 Å². The Morgan fingerprint density at radius 3 is 2.30 bits per heavy atom. The highest BCUT2D eigenvalue weighted by Crippen LogP contribution is 2.11. The van der Waals surface area contributed by atoms with Crippen LogP contribution < -0.4 is 0 Å². The van der Waals surface area contributed by atoms with Crippen LogP contribution in [0.4, 0.5) is 0 Å². The smallest absolute Gasteiger partial charge is 0.337 e. The minimum absolute atomic E-state index is 0.0565. The van der Waals surface area contributed by atoms with E-state index >= 15 is 0 Å². The molecule has 0 aromatic rings. The van der Waals surface area contributed by atoms with E-state index < -0.39 is 5.97 Å². The normalized spacial score (nSPS) is 18.5. The largest absolute Gasteiger partial charge is 0.342 e. The summed E-state index contributed by atoms with van der Waals surface area (Å²) in [7, 11) is 0. The molecular weight excluding hydrogens is 134 g/mol. The topological polar surface area (TPSA) is 46.6 Å². The van der Waals surface area contributed by atoms with Crippen LogP contribution >= 0.6 is 0 Å². The van der Waals surface area contributed by atoms with Gasteiger partial charge in [-0.25, -0.2) is 4.79 Å². The van der Waals surface area contributed by atoms with Crippen LogP contribution in [0.3, 0.4) is 0 Å². The Hall–Kier alpha value is -1.06. The molecule has 56 valence electrons. The summed E-state index contributed by atoms with van der Waals surface area (Å²) in [4.78, 5) is 25.9. The predicted molar refractivity (Wildman–Crippen MR) is 32.7 cm³/mol. The van der Waals surface area contributed by atoms with Crippen molar-refractivity contribution in [1.29, 1.82) is 0 Å². The first-order valence-electron chi connectivity index (χ1n) is 3.14. The van der Waals surface area contributed by atoms with E-state index in [0.717, 1.165) is 5.06 Å². The molecule has 0 aromatic heterocycles. The standard InChI is InChI=1S/C6H9NO3/c1-4(2)7-5(8)3-6(9)10-7/h4H,3H2,1-2H3. The van der Waals surface area contributed by atoms with Gasteiger partial charge in [0.25, 0.3) is 5.91 Å². The second-order valence-corrected chi connectivity index (χ2v) is 2.45. The molecular formula is C6H9NO3. The zero-order valence-corrected chi connectivity index (χ0v) is 5.96. The van der Waals surface area contributed by atoms with Gasteiger partial charge in [-0.15, -0.1) is 0 Å². The van der Waals surface area contributed by atoms with Crippen molar-refractivity contribution >= 4 is 11.9 Å². The molecule has 10 heavy (non-hydrogen) atoms. The second kappa shape index (κ2) is 2.28. The van der Waals surface area contributed by atoms with Crippen LogP contribution in [-0.2, 0) is 14.4 Å². The fraction of sp³-hybridized carbons (Fsp3) is 0.667. The van der Waals surface area contributed by atoms with Crippen molar-refractivity contribution in [3.8, 4) is 0 Å². The number of hydroxylamine groups is 2. The zero-order chi connectivity index (χ0) is 7.72. The van der Waals surface area contributed by atoms with Gasteiger partial charge in [0, 0.05) is 0 Å². The van der Waals surface area contributed by atoms with E-state index in [1.165, 1.54) is 0 Å². The Kier molecular flexibility index (Phi) is 1.61. The van der Waals surface area contributed by atoms with Crippen molar-refractivity contribution in [3.05, 3.63) is 0 Å². The maximum atomic E-state index is 10.8. The Bertz CT molecular complexity index is 176. The minimum Gasteiger partial charge on any atom is -0.337 e. The van der Waals surface area contributed by atoms with Crippen LogP contribution in [0.25, 0.3) is 0 Å². The van der Waals surface area contributed by atoms with Crippen molar-refractivity contribution < 1.29 is 14.4 Å². The van der Waals surface area contributed by atoms with E-state index in [4.69, 9.17) is 0 Å². The minimum atomic E-state index is -0.460. The molecule has 1 heterocycles. The number of amides is 1. The average molecular weight is 143 g/mol. The Balaban J connectivity index is 2.63. The molecule has 1 rings (SSSR count). The molecule has 0 radical (unpaired) electrons. The van der Waals surface area contributed by atoms with Crippen molar-refractivity contribution in [2.75, 3.05) is 0 Å². The molecule has 1 aliphatic heterocycles. The van der Waals surface area contributed by atoms with Crippen molar-refractivity contribution in [2.45, 2.75) is 26.3 Å². The Labute approximate surface area is 58.7 Å². The zero-order valence-electron chi connectivity index (χ0n) is 5.96. The van der Waals surface area contributed by atoms with Crippen LogP contribution in [0, 0.1) is 0 Å². The van der Waals surface area contributed by atoms with Gasteiger partial charge in [0.1, 0.15) is 6.42 Å². The summed E-state index contributed by atoms with van der Waals surface area (Å²) in [5.41, 5.74) is 0. The molecule has 1 saturated heterocycles. The van der Waals surface area contributed by atoms with E-state index in [0.29, 0.717) is 0 Å². The molecule has 0 unspecified atom stereocenters. The summed E-state index contributed by atoms with van der Waals surface area (Å²) in [6, 6.07) is -0.0565. The van der Waals surface area contributed by atoms with Gasteiger partial charge in [-0.2, -0.15) is 5.06 Å². The molecule has 0 saturated carbocycles. The summed E-state index contributed by atoms with van der Waals surface area (Å²) in [5.74, 6) is -0.710. The van der Waals surface area contributed by atoms with Gasteiger partial charge < -0.3 is 4.84 Å². The lowest BCUT2D eigenvalue weighted by Gasteiger charge is -2.16. The average Bonchev–Trinajstić information content (AvgIpc) is 2.10. The molecule has 0 aliphatic carbocycles. The monoisotopic (exact) mass is 143 g/mol. The van der Waals surface area contributed by atoms with Crippen molar-refractivity contribution in [2.24, 2.45) is 0 Å². The number of hydrogen-bond acceptors (Lipinski definition) is 3. The molecule has 0 N–H and O–H groups in total. The highest BCUT2D eigenvalue weighted by molar-refractivity contribution is 5.98. The van der Waals surface area contributed by atoms with Crippen LogP contribution in [0.2, 0.25) is 0 Å². The fourth-order valence-electron chi connectivity index (χ4n) is 0.788. The van der Waals surface area contributed by atoms with Gasteiger partial charge in [-0.1, -0.05) is 0 Å². The quantitative estimate of drug-likeness (QED) is 0.488. The molecule has 0 aromatic carbocycles. The third-order valence-corrected chi connectivity index (χ3v) is 1.21. The number of nitrogens with zero attached hydrogens (tertiary/aromatic N) is 1. The number of carbonyl (C=O) groups is 2. The van der Waals surface area contributed by atoms with E-state index in [2.05, 4.69) is 4.84 Å². The maximum Gasteiger partial charge on any atom is 0.342 e. The van der Waals surface area contributed by atoms with E-state index in [1.54, 1.807) is 13.8 Å². The van der Waals surface area contributed by atoms with Gasteiger partial charge in [0.05, 0.1) is 6.04 Å². The first kappa shape index (κ1) is 7.05. The van der Waals surface area contributed by atoms with Crippen LogP contribution in [-0.4, -0.2) is 23.0 Å². The highest BCUT2D eigenvalue weighted by atomic mass is 16.7. The fourth-order valence-corrected chi connectivity index (χ4v) is 0.788. The van der Waals surface area contributed by atoms with Gasteiger partial charge in [0.15, 0.2) is 0 Å². The summed E-state index contributed by atoms with van der Waals surface area (Å²) in [5, 5.41) is 1.10. The summed E-state index contributed by atoms with van der Waals surface area (Å²) < 4.78 is 0. The van der Waals surface area contributed by atoms with Gasteiger partial charge >= 0.3 is 5.97 Å². The van der Waals surface area contributed by atoms with Gasteiger partial charge in [-0.05, 0) is 13.8 Å². The lowest BCUT2D eigenvalue weighted by Crippen LogP contribution is -2.30. The number of hydrogen-bond donors (Lipinski definition) is 0. The van der Waals surface area contributed by atoms with E-state index in [-0.39, 0.29) is 18.4 Å². The van der Waals surface area contributed by atoms with Gasteiger partial charge in [-0.3, -0.25) is 4.79 Å². The Morgan fingerprint density at radius 1 is 1.50 bits per heavy atom. The summed E-state index contributed by atoms with van der Waals surface area (Å²) in [6.07, 6.45) is -0.113. The predicted octanol–water partition coefficient (Wildman–Crippen LogP) is 0.0853. The Morgan fingerprint density at radius 2 is 2.10 bits per heavy atom. The number of carbonyl (C=O) groups excluding carboxylic acids is 2. The molecule has 0 spiro atoms. The molecule has 0 atom stereocenters. The van der Waals surface area contributed by atoms with Crippen molar-refractivity contribution in [3.63, 3.8) is 0 Å². The molecule has 4 heteroatoms. The number of rotatable bonds is 1. The molecule has 1 aliphatic rings. The first-order valence-corrected chi connectivity index (χ1v) is 3.14. The maximum absolute atomic E-state index is 10.8. The van der Waals surface area contributed by atoms with Crippen LogP contribution in [0.1, 0.15) is 20.3 Å². The van der Waals surface area contributed by atoms with E-state index in [9.17, 15) is 9.59 Å². The lowest BCUT2D eigenvalue weighted by molar-refractivity contribution is -0.184. The second-order valence-electron chi connectivity index (χ2n) is 2.45.